The highest BCUT2D eigenvalue weighted by molar-refractivity contribution is 5.74. The summed E-state index contributed by atoms with van der Waals surface area (Å²) in [7, 11) is 1.39. The van der Waals surface area contributed by atoms with Crippen LogP contribution in [0.1, 0.15) is 37.2 Å². The minimum atomic E-state index is -0.428. The molecule has 1 aromatic carbocycles. The fourth-order valence-electron chi connectivity index (χ4n) is 2.45. The fourth-order valence-corrected chi connectivity index (χ4v) is 2.45. The van der Waals surface area contributed by atoms with Crippen molar-refractivity contribution in [2.24, 2.45) is 11.7 Å². The molecule has 0 aliphatic heterocycles. The zero-order valence-corrected chi connectivity index (χ0v) is 12.6. The fraction of sp³-hybridized carbons (Fsp3) is 0.375. The third-order valence-electron chi connectivity index (χ3n) is 3.55. The largest absolute Gasteiger partial charge is 0.467 e. The smallest absolute Gasteiger partial charge is 0.329 e. The van der Waals surface area contributed by atoms with E-state index in [9.17, 15) is 4.79 Å². The van der Waals surface area contributed by atoms with Gasteiger partial charge in [-0.05, 0) is 11.5 Å². The van der Waals surface area contributed by atoms with Gasteiger partial charge >= 0.3 is 5.97 Å². The Bertz CT molecular complexity index is 593. The molecule has 0 saturated heterocycles. The summed E-state index contributed by atoms with van der Waals surface area (Å²) in [6.45, 7) is 3.94. The van der Waals surface area contributed by atoms with Gasteiger partial charge < -0.3 is 15.0 Å². The van der Waals surface area contributed by atoms with Gasteiger partial charge in [0.05, 0.1) is 31.4 Å². The van der Waals surface area contributed by atoms with Crippen molar-refractivity contribution in [1.29, 1.82) is 0 Å². The van der Waals surface area contributed by atoms with Gasteiger partial charge in [-0.25, -0.2) is 9.78 Å². The first-order chi connectivity index (χ1) is 10.1. The molecule has 2 N–H and O–H groups in total. The molecule has 0 fully saturated rings. The Kier molecular flexibility index (Phi) is 4.75. The Morgan fingerprint density at radius 3 is 2.52 bits per heavy atom. The lowest BCUT2D eigenvalue weighted by molar-refractivity contribution is -0.146. The van der Waals surface area contributed by atoms with Gasteiger partial charge in [0.15, 0.2) is 0 Å². The zero-order valence-electron chi connectivity index (χ0n) is 12.6. The molecule has 0 amide bonds. The zero-order chi connectivity index (χ0) is 15.4. The van der Waals surface area contributed by atoms with Gasteiger partial charge in [-0.15, -0.1) is 0 Å². The Hall–Kier alpha value is -2.14. The molecule has 2 atom stereocenters. The number of nitrogens with zero attached hydrogens (tertiary/aromatic N) is 2. The molecule has 0 bridgehead atoms. The van der Waals surface area contributed by atoms with Crippen molar-refractivity contribution in [3.05, 3.63) is 54.1 Å². The van der Waals surface area contributed by atoms with Gasteiger partial charge in [0.1, 0.15) is 6.04 Å². The van der Waals surface area contributed by atoms with Crippen molar-refractivity contribution < 1.29 is 9.53 Å². The third-order valence-corrected chi connectivity index (χ3v) is 3.55. The van der Waals surface area contributed by atoms with Crippen LogP contribution in [-0.4, -0.2) is 22.6 Å². The lowest BCUT2D eigenvalue weighted by Gasteiger charge is -2.24. The van der Waals surface area contributed by atoms with Crippen molar-refractivity contribution in [3.63, 3.8) is 0 Å². The summed E-state index contributed by atoms with van der Waals surface area (Å²) >= 11 is 0. The van der Waals surface area contributed by atoms with E-state index in [1.807, 2.05) is 48.7 Å². The lowest BCUT2D eigenvalue weighted by Crippen LogP contribution is -2.28. The highest BCUT2D eigenvalue weighted by Gasteiger charge is 2.28. The number of carbonyl (C=O) groups is 1. The Morgan fingerprint density at radius 1 is 1.29 bits per heavy atom. The number of aromatic nitrogens is 2. The number of carbonyl (C=O) groups excluding carboxylic acids is 1. The van der Waals surface area contributed by atoms with E-state index in [0.717, 1.165) is 11.3 Å². The Morgan fingerprint density at radius 2 is 1.95 bits per heavy atom. The van der Waals surface area contributed by atoms with Gasteiger partial charge in [0.2, 0.25) is 0 Å². The maximum absolute atomic E-state index is 12.1. The van der Waals surface area contributed by atoms with Gasteiger partial charge in [-0.1, -0.05) is 44.2 Å². The van der Waals surface area contributed by atoms with Crippen LogP contribution < -0.4 is 5.73 Å². The molecule has 5 nitrogen and oxygen atoms in total. The number of ether oxygens (including phenoxy) is 1. The van der Waals surface area contributed by atoms with Crippen molar-refractivity contribution in [1.82, 2.24) is 9.55 Å². The van der Waals surface area contributed by atoms with Crippen molar-refractivity contribution in [3.8, 4) is 0 Å². The molecular weight excluding hydrogens is 266 g/mol. The van der Waals surface area contributed by atoms with Crippen molar-refractivity contribution >= 4 is 5.97 Å². The number of rotatable bonds is 5. The number of benzene rings is 1. The minimum absolute atomic E-state index is 0.0772. The summed E-state index contributed by atoms with van der Waals surface area (Å²) in [6.07, 6.45) is 3.34. The predicted molar refractivity (Wildman–Crippen MR) is 80.6 cm³/mol. The van der Waals surface area contributed by atoms with E-state index >= 15 is 0 Å². The molecule has 1 aromatic heterocycles. The molecule has 0 saturated carbocycles. The maximum Gasteiger partial charge on any atom is 0.329 e. The summed E-state index contributed by atoms with van der Waals surface area (Å²) < 4.78 is 6.72. The Balaban J connectivity index is 2.40. The first-order valence-corrected chi connectivity index (χ1v) is 6.96. The van der Waals surface area contributed by atoms with E-state index < -0.39 is 6.04 Å². The number of methoxy groups -OCH3 is 1. The number of hydrogen-bond donors (Lipinski definition) is 1. The average molecular weight is 287 g/mol. The standard InChI is InChI=1S/C16H21N3O2/c1-11(2)15(16(20)21-3)19-10-18-9-13(19)14(17)12-7-5-4-6-8-12/h4-11,14-15H,17H2,1-3H3. The van der Waals surface area contributed by atoms with Gasteiger partial charge in [-0.3, -0.25) is 0 Å². The summed E-state index contributed by atoms with van der Waals surface area (Å²) in [6, 6.07) is 8.99. The van der Waals surface area contributed by atoms with Crippen LogP contribution in [0.2, 0.25) is 0 Å². The molecular formula is C16H21N3O2. The van der Waals surface area contributed by atoms with E-state index in [2.05, 4.69) is 4.98 Å². The second-order valence-electron chi connectivity index (χ2n) is 5.33. The topological polar surface area (TPSA) is 70.1 Å². The van der Waals surface area contributed by atoms with E-state index in [4.69, 9.17) is 10.5 Å². The Labute approximate surface area is 124 Å². The number of esters is 1. The monoisotopic (exact) mass is 287 g/mol. The minimum Gasteiger partial charge on any atom is -0.467 e. The molecule has 0 aliphatic rings. The number of imidazole rings is 1. The molecule has 0 aliphatic carbocycles. The SMILES string of the molecule is COC(=O)C(C(C)C)n1cncc1C(N)c1ccccc1. The molecule has 0 radical (unpaired) electrons. The van der Waals surface area contributed by atoms with Gasteiger partial charge in [0, 0.05) is 0 Å². The average Bonchev–Trinajstić information content (AvgIpc) is 2.96. The van der Waals surface area contributed by atoms with Crippen LogP contribution in [0.3, 0.4) is 0 Å². The van der Waals surface area contributed by atoms with Crippen LogP contribution in [0.15, 0.2) is 42.9 Å². The van der Waals surface area contributed by atoms with E-state index in [1.54, 1.807) is 12.5 Å². The maximum atomic E-state index is 12.1. The van der Waals surface area contributed by atoms with Crippen LogP contribution in [0.4, 0.5) is 0 Å². The summed E-state index contributed by atoms with van der Waals surface area (Å²) in [4.78, 5) is 16.2. The quantitative estimate of drug-likeness (QED) is 0.857. The van der Waals surface area contributed by atoms with Gasteiger partial charge in [-0.2, -0.15) is 0 Å². The highest BCUT2D eigenvalue weighted by Crippen LogP contribution is 2.26. The molecule has 2 rings (SSSR count). The molecule has 1 heterocycles. The second-order valence-corrected chi connectivity index (χ2v) is 5.33. The van der Waals surface area contributed by atoms with Crippen LogP contribution in [-0.2, 0) is 9.53 Å². The van der Waals surface area contributed by atoms with Crippen LogP contribution in [0.5, 0.6) is 0 Å². The lowest BCUT2D eigenvalue weighted by atomic mass is 10.0. The van der Waals surface area contributed by atoms with Crippen molar-refractivity contribution in [2.75, 3.05) is 7.11 Å². The van der Waals surface area contributed by atoms with E-state index in [0.29, 0.717) is 0 Å². The first kappa shape index (κ1) is 15.3. The van der Waals surface area contributed by atoms with E-state index in [-0.39, 0.29) is 17.9 Å². The van der Waals surface area contributed by atoms with Crippen molar-refractivity contribution in [2.45, 2.75) is 25.9 Å². The molecule has 5 heteroatoms. The summed E-state index contributed by atoms with van der Waals surface area (Å²) in [5.74, 6) is -0.210. The molecule has 2 aromatic rings. The number of hydrogen-bond acceptors (Lipinski definition) is 4. The molecule has 0 spiro atoms. The van der Waals surface area contributed by atoms with Crippen LogP contribution in [0, 0.1) is 5.92 Å². The molecule has 112 valence electrons. The molecule has 21 heavy (non-hydrogen) atoms. The van der Waals surface area contributed by atoms with Gasteiger partial charge in [0.25, 0.3) is 0 Å². The van der Waals surface area contributed by atoms with E-state index in [1.165, 1.54) is 7.11 Å². The van der Waals surface area contributed by atoms with Crippen LogP contribution >= 0.6 is 0 Å². The summed E-state index contributed by atoms with van der Waals surface area (Å²) in [5, 5.41) is 0. The van der Waals surface area contributed by atoms with Crippen LogP contribution in [0.25, 0.3) is 0 Å². The summed E-state index contributed by atoms with van der Waals surface area (Å²) in [5.41, 5.74) is 8.10. The highest BCUT2D eigenvalue weighted by atomic mass is 16.5. The number of nitrogens with two attached hydrogens (primary N) is 1. The third kappa shape index (κ3) is 3.13. The second kappa shape index (κ2) is 6.54. The normalized spacial score (nSPS) is 14.0. The predicted octanol–water partition coefficient (Wildman–Crippen LogP) is 2.30. The first-order valence-electron chi connectivity index (χ1n) is 6.96. The molecule has 2 unspecified atom stereocenters.